The topological polar surface area (TPSA) is 47.3 Å². The molecule has 0 spiro atoms. The molecule has 19 heavy (non-hydrogen) atoms. The van der Waals surface area contributed by atoms with Crippen LogP contribution in [0.5, 0.6) is 5.75 Å². The minimum atomic E-state index is -0.409. The number of nitrogens with two attached hydrogens (primary N) is 1. The van der Waals surface area contributed by atoms with Gasteiger partial charge in [-0.05, 0) is 38.5 Å². The molecule has 0 bridgehead atoms. The van der Waals surface area contributed by atoms with Crippen LogP contribution in [0, 0.1) is 11.2 Å². The van der Waals surface area contributed by atoms with E-state index in [1.807, 2.05) is 13.8 Å². The number of anilines is 2. The lowest BCUT2D eigenvalue weighted by Gasteiger charge is -2.18. The SMILES string of the molecule is CCC1(CNc2cc(OC(C)C)c(F)cc2N)CC1. The van der Waals surface area contributed by atoms with Gasteiger partial charge in [0, 0.05) is 18.7 Å². The first-order chi connectivity index (χ1) is 8.96. The molecule has 2 rings (SSSR count). The highest BCUT2D eigenvalue weighted by Crippen LogP contribution is 2.48. The third kappa shape index (κ3) is 3.31. The van der Waals surface area contributed by atoms with E-state index in [1.54, 1.807) is 6.07 Å². The molecule has 0 heterocycles. The van der Waals surface area contributed by atoms with Gasteiger partial charge in [0.05, 0.1) is 17.5 Å². The summed E-state index contributed by atoms with van der Waals surface area (Å²) >= 11 is 0. The summed E-state index contributed by atoms with van der Waals surface area (Å²) in [6, 6.07) is 2.99. The number of hydrogen-bond donors (Lipinski definition) is 2. The molecule has 0 radical (unpaired) electrons. The molecule has 0 saturated heterocycles. The zero-order valence-electron chi connectivity index (χ0n) is 11.9. The normalized spacial score (nSPS) is 16.5. The summed E-state index contributed by atoms with van der Waals surface area (Å²) < 4.78 is 19.2. The second-order valence-corrected chi connectivity index (χ2v) is 5.74. The van der Waals surface area contributed by atoms with Crippen molar-refractivity contribution < 1.29 is 9.13 Å². The Hall–Kier alpha value is -1.45. The quantitative estimate of drug-likeness (QED) is 0.770. The second kappa shape index (κ2) is 5.27. The molecule has 4 heteroatoms. The van der Waals surface area contributed by atoms with Crippen LogP contribution in [0.25, 0.3) is 0 Å². The van der Waals surface area contributed by atoms with Crippen molar-refractivity contribution in [3.63, 3.8) is 0 Å². The van der Waals surface area contributed by atoms with E-state index in [-0.39, 0.29) is 11.9 Å². The van der Waals surface area contributed by atoms with E-state index < -0.39 is 5.82 Å². The molecule has 0 aliphatic heterocycles. The van der Waals surface area contributed by atoms with Crippen LogP contribution in [-0.4, -0.2) is 12.6 Å². The van der Waals surface area contributed by atoms with Crippen molar-refractivity contribution in [2.45, 2.75) is 46.1 Å². The van der Waals surface area contributed by atoms with E-state index in [2.05, 4.69) is 12.2 Å². The number of hydrogen-bond acceptors (Lipinski definition) is 3. The van der Waals surface area contributed by atoms with Crippen molar-refractivity contribution in [3.8, 4) is 5.75 Å². The lowest BCUT2D eigenvalue weighted by atomic mass is 10.0. The molecular weight excluding hydrogens is 243 g/mol. The van der Waals surface area contributed by atoms with E-state index in [9.17, 15) is 4.39 Å². The van der Waals surface area contributed by atoms with Gasteiger partial charge in [-0.3, -0.25) is 0 Å². The molecule has 0 atom stereocenters. The van der Waals surface area contributed by atoms with Gasteiger partial charge in [-0.15, -0.1) is 0 Å². The Labute approximate surface area is 114 Å². The summed E-state index contributed by atoms with van der Waals surface area (Å²) in [6.45, 7) is 6.84. The van der Waals surface area contributed by atoms with Crippen molar-refractivity contribution in [2.24, 2.45) is 5.41 Å². The van der Waals surface area contributed by atoms with Crippen LogP contribution in [0.3, 0.4) is 0 Å². The van der Waals surface area contributed by atoms with Crippen LogP contribution in [-0.2, 0) is 0 Å². The van der Waals surface area contributed by atoms with Gasteiger partial charge in [-0.2, -0.15) is 0 Å². The summed E-state index contributed by atoms with van der Waals surface area (Å²) in [5, 5.41) is 3.34. The van der Waals surface area contributed by atoms with Crippen LogP contribution in [0.2, 0.25) is 0 Å². The summed E-state index contributed by atoms with van der Waals surface area (Å²) in [7, 11) is 0. The van der Waals surface area contributed by atoms with Crippen molar-refractivity contribution in [1.82, 2.24) is 0 Å². The summed E-state index contributed by atoms with van der Waals surface area (Å²) in [5.74, 6) is -0.151. The zero-order valence-corrected chi connectivity index (χ0v) is 11.9. The Morgan fingerprint density at radius 2 is 2.11 bits per heavy atom. The largest absolute Gasteiger partial charge is 0.488 e. The Morgan fingerprint density at radius 3 is 2.63 bits per heavy atom. The first-order valence-corrected chi connectivity index (χ1v) is 6.95. The fourth-order valence-corrected chi connectivity index (χ4v) is 2.18. The standard InChI is InChI=1S/C15H23FN2O/c1-4-15(5-6-15)9-18-13-8-14(19-10(2)3)11(16)7-12(13)17/h7-8,10,18H,4-6,9,17H2,1-3H3. The summed E-state index contributed by atoms with van der Waals surface area (Å²) in [4.78, 5) is 0. The lowest BCUT2D eigenvalue weighted by molar-refractivity contribution is 0.231. The molecule has 1 aliphatic rings. The molecule has 106 valence electrons. The van der Waals surface area contributed by atoms with Gasteiger partial charge in [0.25, 0.3) is 0 Å². The Balaban J connectivity index is 2.10. The number of ether oxygens (including phenoxy) is 1. The number of rotatable bonds is 6. The van der Waals surface area contributed by atoms with Gasteiger partial charge < -0.3 is 15.8 Å². The van der Waals surface area contributed by atoms with Crippen LogP contribution in [0.1, 0.15) is 40.0 Å². The van der Waals surface area contributed by atoms with E-state index in [1.165, 1.54) is 18.9 Å². The lowest BCUT2D eigenvalue weighted by Crippen LogP contribution is -2.16. The molecule has 3 N–H and O–H groups in total. The Morgan fingerprint density at radius 1 is 1.42 bits per heavy atom. The highest BCUT2D eigenvalue weighted by molar-refractivity contribution is 5.68. The van der Waals surface area contributed by atoms with E-state index in [0.29, 0.717) is 11.1 Å². The number of benzene rings is 1. The monoisotopic (exact) mass is 266 g/mol. The van der Waals surface area contributed by atoms with Gasteiger partial charge in [0.1, 0.15) is 0 Å². The fourth-order valence-electron chi connectivity index (χ4n) is 2.18. The maximum atomic E-state index is 13.7. The first-order valence-electron chi connectivity index (χ1n) is 6.95. The molecule has 1 saturated carbocycles. The molecular formula is C15H23FN2O. The van der Waals surface area contributed by atoms with Crippen molar-refractivity contribution in [2.75, 3.05) is 17.6 Å². The second-order valence-electron chi connectivity index (χ2n) is 5.74. The van der Waals surface area contributed by atoms with Crippen LogP contribution < -0.4 is 15.8 Å². The predicted octanol–water partition coefficient (Wildman–Crippen LogP) is 3.80. The van der Waals surface area contributed by atoms with Gasteiger partial charge in [-0.1, -0.05) is 6.92 Å². The fraction of sp³-hybridized carbons (Fsp3) is 0.600. The van der Waals surface area contributed by atoms with Crippen LogP contribution >= 0.6 is 0 Å². The molecule has 1 aromatic carbocycles. The minimum absolute atomic E-state index is 0.0589. The van der Waals surface area contributed by atoms with Crippen molar-refractivity contribution in [1.29, 1.82) is 0 Å². The van der Waals surface area contributed by atoms with Crippen molar-refractivity contribution >= 4 is 11.4 Å². The maximum Gasteiger partial charge on any atom is 0.167 e. The van der Waals surface area contributed by atoms with E-state index in [0.717, 1.165) is 18.7 Å². The van der Waals surface area contributed by atoms with Crippen molar-refractivity contribution in [3.05, 3.63) is 17.9 Å². The predicted molar refractivity (Wildman–Crippen MR) is 77.0 cm³/mol. The molecule has 3 nitrogen and oxygen atoms in total. The van der Waals surface area contributed by atoms with Gasteiger partial charge in [0.15, 0.2) is 11.6 Å². The molecule has 1 aliphatic carbocycles. The van der Waals surface area contributed by atoms with Crippen LogP contribution in [0.4, 0.5) is 15.8 Å². The number of nitrogens with one attached hydrogen (secondary N) is 1. The zero-order chi connectivity index (χ0) is 14.0. The Bertz CT molecular complexity index is 456. The highest BCUT2D eigenvalue weighted by atomic mass is 19.1. The number of halogens is 1. The third-order valence-corrected chi connectivity index (χ3v) is 3.83. The van der Waals surface area contributed by atoms with E-state index in [4.69, 9.17) is 10.5 Å². The summed E-state index contributed by atoms with van der Waals surface area (Å²) in [6.07, 6.45) is 3.62. The smallest absolute Gasteiger partial charge is 0.167 e. The highest BCUT2D eigenvalue weighted by Gasteiger charge is 2.40. The van der Waals surface area contributed by atoms with Gasteiger partial charge in [-0.25, -0.2) is 4.39 Å². The van der Waals surface area contributed by atoms with E-state index >= 15 is 0 Å². The molecule has 1 fully saturated rings. The molecule has 0 amide bonds. The summed E-state index contributed by atoms with van der Waals surface area (Å²) in [5.41, 5.74) is 7.46. The maximum absolute atomic E-state index is 13.7. The Kier molecular flexibility index (Phi) is 3.88. The molecule has 1 aromatic rings. The van der Waals surface area contributed by atoms with Gasteiger partial charge in [0.2, 0.25) is 0 Å². The number of nitrogen functional groups attached to an aromatic ring is 1. The third-order valence-electron chi connectivity index (χ3n) is 3.83. The minimum Gasteiger partial charge on any atom is -0.488 e. The average Bonchev–Trinajstić information content (AvgIpc) is 3.11. The molecule has 0 aromatic heterocycles. The van der Waals surface area contributed by atoms with Crippen LogP contribution in [0.15, 0.2) is 12.1 Å². The first kappa shape index (κ1) is 14.0. The van der Waals surface area contributed by atoms with Gasteiger partial charge >= 0.3 is 0 Å². The molecule has 0 unspecified atom stereocenters. The average molecular weight is 266 g/mol.